The summed E-state index contributed by atoms with van der Waals surface area (Å²) < 4.78 is 5.51. The van der Waals surface area contributed by atoms with Crippen molar-refractivity contribution in [1.29, 1.82) is 0 Å². The number of rotatable bonds is 51. The number of esters is 1. The molecule has 346 valence electrons. The number of allylic oxidation sites excluding steroid dienone is 2. The highest BCUT2D eigenvalue weighted by Gasteiger charge is 2.03. The fourth-order valence-electron chi connectivity index (χ4n) is 8.73. The molecular weight excluding hydrogens is 705 g/mol. The fraction of sp³-hybridized carbons (Fsp3) is 0.946. The number of hydrogen-bond donors (Lipinski definition) is 0. The van der Waals surface area contributed by atoms with Gasteiger partial charge in [-0.25, -0.2) is 0 Å². The van der Waals surface area contributed by atoms with E-state index in [1.54, 1.807) is 0 Å². The molecule has 0 aromatic carbocycles. The predicted octanol–water partition coefficient (Wildman–Crippen LogP) is 20.5. The third-order valence-electron chi connectivity index (χ3n) is 12.8. The molecule has 58 heavy (non-hydrogen) atoms. The zero-order valence-corrected chi connectivity index (χ0v) is 40.7. The Morgan fingerprint density at radius 2 is 0.603 bits per heavy atom. The molecule has 0 aromatic heterocycles. The first-order valence-electron chi connectivity index (χ1n) is 27.5. The topological polar surface area (TPSA) is 26.3 Å². The summed E-state index contributed by atoms with van der Waals surface area (Å²) >= 11 is 0. The molecule has 0 aliphatic rings. The van der Waals surface area contributed by atoms with E-state index in [-0.39, 0.29) is 5.97 Å². The van der Waals surface area contributed by atoms with Crippen LogP contribution in [-0.2, 0) is 9.53 Å². The van der Waals surface area contributed by atoms with E-state index in [9.17, 15) is 4.79 Å². The van der Waals surface area contributed by atoms with E-state index in [0.29, 0.717) is 13.0 Å². The van der Waals surface area contributed by atoms with Gasteiger partial charge in [0.2, 0.25) is 0 Å². The maximum Gasteiger partial charge on any atom is 0.305 e. The lowest BCUT2D eigenvalue weighted by atomic mass is 10.0. The minimum absolute atomic E-state index is 0.0309. The Hall–Kier alpha value is -0.790. The van der Waals surface area contributed by atoms with E-state index in [0.717, 1.165) is 18.8 Å². The molecule has 0 aliphatic carbocycles. The first kappa shape index (κ1) is 57.2. The second-order valence-electron chi connectivity index (χ2n) is 19.4. The molecule has 2 nitrogen and oxygen atoms in total. The summed E-state index contributed by atoms with van der Waals surface area (Å²) in [6.45, 7) is 7.62. The van der Waals surface area contributed by atoms with Crippen LogP contribution in [0.2, 0.25) is 0 Å². The lowest BCUT2D eigenvalue weighted by Gasteiger charge is -2.06. The van der Waals surface area contributed by atoms with Gasteiger partial charge in [0, 0.05) is 6.42 Å². The summed E-state index contributed by atoms with van der Waals surface area (Å²) in [4.78, 5) is 12.1. The molecule has 0 amide bonds. The Morgan fingerprint density at radius 1 is 0.345 bits per heavy atom. The molecule has 0 rings (SSSR count). The van der Waals surface area contributed by atoms with Gasteiger partial charge in [-0.1, -0.05) is 296 Å². The summed E-state index contributed by atoms with van der Waals surface area (Å²) in [6, 6.07) is 0. The van der Waals surface area contributed by atoms with Crippen molar-refractivity contribution in [2.75, 3.05) is 6.61 Å². The highest BCUT2D eigenvalue weighted by molar-refractivity contribution is 5.69. The molecule has 0 N–H and O–H groups in total. The van der Waals surface area contributed by atoms with Gasteiger partial charge in [-0.2, -0.15) is 0 Å². The van der Waals surface area contributed by atoms with Gasteiger partial charge in [-0.15, -0.1) is 0 Å². The van der Waals surface area contributed by atoms with Crippen molar-refractivity contribution in [3.63, 3.8) is 0 Å². The Balaban J connectivity index is 3.16. The number of ether oxygens (including phenoxy) is 1. The maximum atomic E-state index is 12.1. The third-order valence-corrected chi connectivity index (χ3v) is 12.8. The zero-order valence-electron chi connectivity index (χ0n) is 40.7. The maximum absolute atomic E-state index is 12.1. The van der Waals surface area contributed by atoms with Crippen LogP contribution in [0.4, 0.5) is 0 Å². The van der Waals surface area contributed by atoms with Gasteiger partial charge in [0.15, 0.2) is 0 Å². The standard InChI is InChI=1S/C56H110O2/c1-4-5-6-7-8-9-10-11-12-13-14-22-26-29-32-35-38-41-44-47-50-53-56(57)58-54-51-48-45-42-39-36-33-30-27-24-21-19-17-15-16-18-20-23-25-28-31-34-37-40-43-46-49-52-55(2)3/h11-12,55H,4-10,13-54H2,1-3H3. The van der Waals surface area contributed by atoms with E-state index in [4.69, 9.17) is 4.74 Å². The van der Waals surface area contributed by atoms with Gasteiger partial charge < -0.3 is 4.74 Å². The average Bonchev–Trinajstić information content (AvgIpc) is 3.22. The smallest absolute Gasteiger partial charge is 0.305 e. The van der Waals surface area contributed by atoms with Crippen molar-refractivity contribution in [1.82, 2.24) is 0 Å². The van der Waals surface area contributed by atoms with E-state index in [1.165, 1.54) is 289 Å². The molecule has 0 heterocycles. The minimum Gasteiger partial charge on any atom is -0.466 e. The van der Waals surface area contributed by atoms with E-state index >= 15 is 0 Å². The van der Waals surface area contributed by atoms with E-state index in [1.807, 2.05) is 0 Å². The van der Waals surface area contributed by atoms with Crippen molar-refractivity contribution in [2.45, 2.75) is 329 Å². The number of carbonyl (C=O) groups excluding carboxylic acids is 1. The van der Waals surface area contributed by atoms with Gasteiger partial charge in [-0.05, 0) is 44.4 Å². The largest absolute Gasteiger partial charge is 0.466 e. The first-order valence-corrected chi connectivity index (χ1v) is 27.5. The molecule has 0 radical (unpaired) electrons. The molecule has 0 aromatic rings. The first-order chi connectivity index (χ1) is 28.7. The molecule has 0 bridgehead atoms. The lowest BCUT2D eigenvalue weighted by Crippen LogP contribution is -2.05. The molecule has 0 fully saturated rings. The molecule has 0 saturated carbocycles. The van der Waals surface area contributed by atoms with Crippen LogP contribution >= 0.6 is 0 Å². The van der Waals surface area contributed by atoms with Crippen molar-refractivity contribution in [3.05, 3.63) is 12.2 Å². The van der Waals surface area contributed by atoms with E-state index in [2.05, 4.69) is 32.9 Å². The average molecular weight is 815 g/mol. The van der Waals surface area contributed by atoms with Crippen molar-refractivity contribution in [3.8, 4) is 0 Å². The zero-order chi connectivity index (χ0) is 41.9. The molecule has 0 atom stereocenters. The Morgan fingerprint density at radius 3 is 0.914 bits per heavy atom. The molecule has 2 heteroatoms. The van der Waals surface area contributed by atoms with Crippen LogP contribution in [0, 0.1) is 5.92 Å². The van der Waals surface area contributed by atoms with Crippen molar-refractivity contribution in [2.24, 2.45) is 5.92 Å². The number of unbranched alkanes of at least 4 members (excludes halogenated alkanes) is 43. The second-order valence-corrected chi connectivity index (χ2v) is 19.4. The van der Waals surface area contributed by atoms with Gasteiger partial charge in [-0.3, -0.25) is 4.79 Å². The van der Waals surface area contributed by atoms with Crippen molar-refractivity contribution >= 4 is 5.97 Å². The van der Waals surface area contributed by atoms with Crippen molar-refractivity contribution < 1.29 is 9.53 Å². The summed E-state index contributed by atoms with van der Waals surface area (Å²) in [6.07, 6.45) is 70.9. The Bertz CT molecular complexity index is 771. The third kappa shape index (κ3) is 53.2. The fourth-order valence-corrected chi connectivity index (χ4v) is 8.73. The number of carbonyl (C=O) groups is 1. The van der Waals surface area contributed by atoms with Crippen LogP contribution in [0.25, 0.3) is 0 Å². The van der Waals surface area contributed by atoms with E-state index < -0.39 is 0 Å². The monoisotopic (exact) mass is 815 g/mol. The van der Waals surface area contributed by atoms with Gasteiger partial charge in [0.05, 0.1) is 6.61 Å². The molecule has 0 unspecified atom stereocenters. The van der Waals surface area contributed by atoms with Gasteiger partial charge in [0.1, 0.15) is 0 Å². The Kier molecular flexibility index (Phi) is 51.6. The normalized spacial score (nSPS) is 11.8. The summed E-state index contributed by atoms with van der Waals surface area (Å²) in [5, 5.41) is 0. The quantitative estimate of drug-likeness (QED) is 0.0347. The predicted molar refractivity (Wildman–Crippen MR) is 262 cm³/mol. The SMILES string of the molecule is CCCCCCCCC=CCCCCCCCCCCCCCC(=O)OCCCCCCCCCCCCCCCCCCCCCCCCCCCCCC(C)C. The van der Waals surface area contributed by atoms with Crippen LogP contribution in [0.1, 0.15) is 329 Å². The second kappa shape index (κ2) is 52.3. The minimum atomic E-state index is 0.0309. The van der Waals surface area contributed by atoms with Gasteiger partial charge >= 0.3 is 5.97 Å². The van der Waals surface area contributed by atoms with Gasteiger partial charge in [0.25, 0.3) is 0 Å². The van der Waals surface area contributed by atoms with Crippen LogP contribution in [-0.4, -0.2) is 12.6 Å². The van der Waals surface area contributed by atoms with Crippen LogP contribution < -0.4 is 0 Å². The highest BCUT2D eigenvalue weighted by Crippen LogP contribution is 2.18. The molecule has 0 aliphatic heterocycles. The van der Waals surface area contributed by atoms with Crippen LogP contribution in [0.5, 0.6) is 0 Å². The molecule has 0 spiro atoms. The molecule has 0 saturated heterocycles. The summed E-state index contributed by atoms with van der Waals surface area (Å²) in [7, 11) is 0. The Labute approximate surface area is 367 Å². The summed E-state index contributed by atoms with van der Waals surface area (Å²) in [5.74, 6) is 0.918. The van der Waals surface area contributed by atoms with Crippen LogP contribution in [0.15, 0.2) is 12.2 Å². The number of hydrogen-bond acceptors (Lipinski definition) is 2. The highest BCUT2D eigenvalue weighted by atomic mass is 16.5. The summed E-state index contributed by atoms with van der Waals surface area (Å²) in [5.41, 5.74) is 0. The van der Waals surface area contributed by atoms with Crippen LogP contribution in [0.3, 0.4) is 0 Å². The molecular formula is C56H110O2. The lowest BCUT2D eigenvalue weighted by molar-refractivity contribution is -0.143.